The van der Waals surface area contributed by atoms with Crippen LogP contribution in [0.15, 0.2) is 47.3 Å². The van der Waals surface area contributed by atoms with Crippen LogP contribution in [0, 0.1) is 5.82 Å². The minimum absolute atomic E-state index is 0.0275. The van der Waals surface area contributed by atoms with Crippen LogP contribution in [0.3, 0.4) is 0 Å². The second-order valence-electron chi connectivity index (χ2n) is 5.73. The van der Waals surface area contributed by atoms with Crippen LogP contribution in [0.2, 0.25) is 0 Å². The molecular formula is C19H19FN2O3S. The van der Waals surface area contributed by atoms with Gasteiger partial charge in [0.2, 0.25) is 0 Å². The van der Waals surface area contributed by atoms with Crippen molar-refractivity contribution in [3.8, 4) is 5.75 Å². The molecule has 0 saturated carbocycles. The van der Waals surface area contributed by atoms with E-state index in [9.17, 15) is 14.0 Å². The molecule has 3 aromatic rings. The lowest BCUT2D eigenvalue weighted by Crippen LogP contribution is -2.32. The number of para-hydroxylation sites is 1. The quantitative estimate of drug-likeness (QED) is 0.709. The van der Waals surface area contributed by atoms with Crippen molar-refractivity contribution in [2.75, 3.05) is 5.32 Å². The van der Waals surface area contributed by atoms with Crippen LogP contribution >= 0.6 is 11.3 Å². The van der Waals surface area contributed by atoms with E-state index >= 15 is 0 Å². The van der Waals surface area contributed by atoms with E-state index in [1.807, 2.05) is 13.0 Å². The van der Waals surface area contributed by atoms with Crippen LogP contribution in [-0.2, 0) is 11.3 Å². The number of thiazole rings is 1. The second kappa shape index (κ2) is 7.70. The van der Waals surface area contributed by atoms with E-state index in [1.54, 1.807) is 35.8 Å². The minimum atomic E-state index is -0.818. The number of aryl methyl sites for hydroxylation is 1. The fraction of sp³-hybridized carbons (Fsp3) is 0.263. The third-order valence-electron chi connectivity index (χ3n) is 4.02. The normalized spacial score (nSPS) is 12.1. The average molecular weight is 374 g/mol. The number of hydrogen-bond acceptors (Lipinski definition) is 4. The Morgan fingerprint density at radius 3 is 2.73 bits per heavy atom. The zero-order valence-electron chi connectivity index (χ0n) is 14.5. The van der Waals surface area contributed by atoms with Gasteiger partial charge < -0.3 is 10.1 Å². The lowest BCUT2D eigenvalue weighted by atomic mass is 10.2. The van der Waals surface area contributed by atoms with Crippen LogP contribution in [0.5, 0.6) is 5.75 Å². The van der Waals surface area contributed by atoms with Gasteiger partial charge in [-0.3, -0.25) is 14.2 Å². The number of aromatic nitrogens is 1. The average Bonchev–Trinajstić information content (AvgIpc) is 2.95. The second-order valence-corrected chi connectivity index (χ2v) is 6.72. The molecule has 0 aliphatic rings. The SMILES string of the molecule is CC[C@H](Oc1ccccc1F)C(=O)Nc1ccc2c(c1)sc(=O)n2CC. The molecule has 0 unspecified atom stereocenters. The Hall–Kier alpha value is -2.67. The number of ether oxygens (including phenoxy) is 1. The third-order valence-corrected chi connectivity index (χ3v) is 4.96. The Kier molecular flexibility index (Phi) is 5.37. The molecule has 26 heavy (non-hydrogen) atoms. The Bertz CT molecular complexity index is 996. The summed E-state index contributed by atoms with van der Waals surface area (Å²) in [6.07, 6.45) is -0.427. The van der Waals surface area contributed by atoms with Crippen LogP contribution in [0.1, 0.15) is 20.3 Å². The van der Waals surface area contributed by atoms with E-state index in [2.05, 4.69) is 5.32 Å². The molecule has 1 N–H and O–H groups in total. The molecular weight excluding hydrogens is 355 g/mol. The number of nitrogens with zero attached hydrogens (tertiary/aromatic N) is 1. The molecule has 1 heterocycles. The first-order valence-corrected chi connectivity index (χ1v) is 9.20. The lowest BCUT2D eigenvalue weighted by Gasteiger charge is -2.17. The standard InChI is InChI=1S/C19H19FN2O3S/c1-3-15(25-16-8-6-5-7-13(16)20)18(23)21-12-9-10-14-17(11-12)26-19(24)22(14)4-2/h5-11,15H,3-4H2,1-2H3,(H,21,23)/t15-/m0/s1. The maximum Gasteiger partial charge on any atom is 0.308 e. The molecule has 0 aliphatic carbocycles. The highest BCUT2D eigenvalue weighted by atomic mass is 32.1. The summed E-state index contributed by atoms with van der Waals surface area (Å²) in [6, 6.07) is 11.3. The van der Waals surface area contributed by atoms with Gasteiger partial charge in [0, 0.05) is 12.2 Å². The van der Waals surface area contributed by atoms with Gasteiger partial charge >= 0.3 is 4.87 Å². The number of nitrogens with one attached hydrogen (secondary N) is 1. The van der Waals surface area contributed by atoms with E-state index in [0.29, 0.717) is 18.7 Å². The highest BCUT2D eigenvalue weighted by Gasteiger charge is 2.20. The number of hydrogen-bond donors (Lipinski definition) is 1. The molecule has 2 aromatic carbocycles. The van der Waals surface area contributed by atoms with Gasteiger partial charge in [-0.1, -0.05) is 30.4 Å². The van der Waals surface area contributed by atoms with Crippen molar-refractivity contribution in [3.05, 3.63) is 57.9 Å². The molecule has 0 spiro atoms. The Labute approximate surface area is 154 Å². The molecule has 0 fully saturated rings. The summed E-state index contributed by atoms with van der Waals surface area (Å²) in [7, 11) is 0. The molecule has 0 radical (unpaired) electrons. The van der Waals surface area contributed by atoms with Crippen molar-refractivity contribution in [1.82, 2.24) is 4.57 Å². The van der Waals surface area contributed by atoms with Crippen LogP contribution in [0.4, 0.5) is 10.1 Å². The molecule has 1 aromatic heterocycles. The topological polar surface area (TPSA) is 60.3 Å². The summed E-state index contributed by atoms with van der Waals surface area (Å²) in [5.74, 6) is -0.827. The number of halogens is 1. The Balaban J connectivity index is 1.78. The van der Waals surface area contributed by atoms with Crippen molar-refractivity contribution < 1.29 is 13.9 Å². The highest BCUT2D eigenvalue weighted by molar-refractivity contribution is 7.16. The predicted molar refractivity (Wildman–Crippen MR) is 101 cm³/mol. The van der Waals surface area contributed by atoms with Crippen LogP contribution < -0.4 is 14.9 Å². The largest absolute Gasteiger partial charge is 0.478 e. The summed E-state index contributed by atoms with van der Waals surface area (Å²) in [5.41, 5.74) is 1.41. The number of carbonyl (C=O) groups excluding carboxylic acids is 1. The number of benzene rings is 2. The number of carbonyl (C=O) groups is 1. The number of fused-ring (bicyclic) bond motifs is 1. The maximum atomic E-state index is 13.7. The summed E-state index contributed by atoms with van der Waals surface area (Å²) >= 11 is 1.14. The first-order chi connectivity index (χ1) is 12.5. The number of anilines is 1. The lowest BCUT2D eigenvalue weighted by molar-refractivity contribution is -0.122. The molecule has 136 valence electrons. The molecule has 5 nitrogen and oxygen atoms in total. The molecule has 1 amide bonds. The zero-order chi connectivity index (χ0) is 18.7. The van der Waals surface area contributed by atoms with Gasteiger partial charge in [0.1, 0.15) is 0 Å². The fourth-order valence-electron chi connectivity index (χ4n) is 2.68. The summed E-state index contributed by atoms with van der Waals surface area (Å²) < 4.78 is 21.7. The summed E-state index contributed by atoms with van der Waals surface area (Å²) in [4.78, 5) is 24.4. The summed E-state index contributed by atoms with van der Waals surface area (Å²) in [6.45, 7) is 4.30. The van der Waals surface area contributed by atoms with E-state index in [-0.39, 0.29) is 16.5 Å². The molecule has 7 heteroatoms. The summed E-state index contributed by atoms with van der Waals surface area (Å²) in [5, 5.41) is 2.78. The van der Waals surface area contributed by atoms with E-state index in [1.165, 1.54) is 12.1 Å². The fourth-order valence-corrected chi connectivity index (χ4v) is 3.68. The first-order valence-electron chi connectivity index (χ1n) is 8.39. The van der Waals surface area contributed by atoms with Gasteiger partial charge in [-0.05, 0) is 43.7 Å². The predicted octanol–water partition coefficient (Wildman–Crippen LogP) is 4.02. The van der Waals surface area contributed by atoms with Gasteiger partial charge in [0.15, 0.2) is 17.7 Å². The maximum absolute atomic E-state index is 13.7. The first kappa shape index (κ1) is 18.1. The van der Waals surface area contributed by atoms with Gasteiger partial charge in [-0.25, -0.2) is 4.39 Å². The van der Waals surface area contributed by atoms with Crippen LogP contribution in [-0.4, -0.2) is 16.6 Å². The molecule has 0 aliphatic heterocycles. The Morgan fingerprint density at radius 2 is 2.04 bits per heavy atom. The zero-order valence-corrected chi connectivity index (χ0v) is 15.3. The number of amides is 1. The highest BCUT2D eigenvalue weighted by Crippen LogP contribution is 2.23. The van der Waals surface area contributed by atoms with Crippen molar-refractivity contribution in [2.24, 2.45) is 0 Å². The molecule has 1 atom stereocenters. The third kappa shape index (κ3) is 3.62. The van der Waals surface area contributed by atoms with E-state index < -0.39 is 11.9 Å². The number of rotatable bonds is 6. The van der Waals surface area contributed by atoms with Gasteiger partial charge in [-0.2, -0.15) is 0 Å². The molecule has 0 bridgehead atoms. The van der Waals surface area contributed by atoms with Gasteiger partial charge in [0.05, 0.1) is 10.2 Å². The molecule has 0 saturated heterocycles. The van der Waals surface area contributed by atoms with Crippen LogP contribution in [0.25, 0.3) is 10.2 Å². The van der Waals surface area contributed by atoms with E-state index in [0.717, 1.165) is 21.6 Å². The minimum Gasteiger partial charge on any atom is -0.478 e. The van der Waals surface area contributed by atoms with Crippen molar-refractivity contribution in [2.45, 2.75) is 32.9 Å². The van der Waals surface area contributed by atoms with Crippen molar-refractivity contribution in [3.63, 3.8) is 0 Å². The Morgan fingerprint density at radius 1 is 1.27 bits per heavy atom. The van der Waals surface area contributed by atoms with Crippen molar-refractivity contribution in [1.29, 1.82) is 0 Å². The monoisotopic (exact) mass is 374 g/mol. The van der Waals surface area contributed by atoms with Gasteiger partial charge in [0.25, 0.3) is 5.91 Å². The molecule has 3 rings (SSSR count). The van der Waals surface area contributed by atoms with E-state index in [4.69, 9.17) is 4.74 Å². The van der Waals surface area contributed by atoms with Crippen molar-refractivity contribution >= 4 is 33.1 Å². The smallest absolute Gasteiger partial charge is 0.308 e. The van der Waals surface area contributed by atoms with Gasteiger partial charge in [-0.15, -0.1) is 0 Å².